The summed E-state index contributed by atoms with van der Waals surface area (Å²) in [6.07, 6.45) is 0.00274. The lowest BCUT2D eigenvalue weighted by Gasteiger charge is -2.16. The van der Waals surface area contributed by atoms with Crippen molar-refractivity contribution in [2.24, 2.45) is 0 Å². The van der Waals surface area contributed by atoms with Gasteiger partial charge in [0.05, 0.1) is 22.0 Å². The van der Waals surface area contributed by atoms with Crippen molar-refractivity contribution in [1.29, 1.82) is 0 Å². The van der Waals surface area contributed by atoms with E-state index in [1.807, 2.05) is 27.7 Å². The third-order valence-corrected chi connectivity index (χ3v) is 7.45. The first-order valence-corrected chi connectivity index (χ1v) is 13.5. The highest BCUT2D eigenvalue weighted by Gasteiger charge is 2.26. The van der Waals surface area contributed by atoms with Crippen molar-refractivity contribution in [3.63, 3.8) is 0 Å². The minimum Gasteiger partial charge on any atom is -0.508 e. The molecule has 192 valence electrons. The van der Waals surface area contributed by atoms with Crippen LogP contribution in [0.4, 0.5) is 0 Å². The van der Waals surface area contributed by atoms with Crippen molar-refractivity contribution in [3.8, 4) is 45.3 Å². The van der Waals surface area contributed by atoms with E-state index in [4.69, 9.17) is 9.47 Å². The summed E-state index contributed by atoms with van der Waals surface area (Å²) in [6.45, 7) is 7.70. The van der Waals surface area contributed by atoms with Crippen LogP contribution in [-0.4, -0.2) is 30.8 Å². The van der Waals surface area contributed by atoms with Gasteiger partial charge in [-0.05, 0) is 99.5 Å². The lowest BCUT2D eigenvalue weighted by atomic mass is 10.0. The van der Waals surface area contributed by atoms with Crippen molar-refractivity contribution < 1.29 is 28.1 Å². The highest BCUT2D eigenvalue weighted by atomic mass is 32.2. The monoisotopic (exact) mass is 518 g/mol. The van der Waals surface area contributed by atoms with Crippen LogP contribution < -0.4 is 9.47 Å². The highest BCUT2D eigenvalue weighted by Crippen LogP contribution is 2.39. The van der Waals surface area contributed by atoms with E-state index in [0.29, 0.717) is 33.8 Å². The van der Waals surface area contributed by atoms with Crippen LogP contribution in [0.25, 0.3) is 22.3 Å². The number of phenolic OH excluding ortho intramolecular Hbond substituents is 2. The zero-order valence-corrected chi connectivity index (χ0v) is 22.0. The fraction of sp³-hybridized carbons (Fsp3) is 0.200. The first-order chi connectivity index (χ1) is 17.5. The van der Waals surface area contributed by atoms with Gasteiger partial charge in [0, 0.05) is 11.1 Å². The maximum Gasteiger partial charge on any atom is 0.207 e. The Morgan fingerprint density at radius 1 is 0.568 bits per heavy atom. The Hall–Kier alpha value is -3.97. The van der Waals surface area contributed by atoms with Gasteiger partial charge in [-0.15, -0.1) is 0 Å². The second-order valence-corrected chi connectivity index (χ2v) is 11.1. The molecule has 0 atom stereocenters. The van der Waals surface area contributed by atoms with Gasteiger partial charge in [-0.3, -0.25) is 0 Å². The predicted octanol–water partition coefficient (Wildman–Crippen LogP) is 6.84. The summed E-state index contributed by atoms with van der Waals surface area (Å²) in [7, 11) is -4.07. The van der Waals surface area contributed by atoms with E-state index in [0.717, 1.165) is 0 Å². The van der Waals surface area contributed by atoms with E-state index in [2.05, 4.69) is 0 Å². The molecule has 0 aliphatic heterocycles. The third kappa shape index (κ3) is 5.89. The second kappa shape index (κ2) is 10.6. The number of aromatic hydroxyl groups is 2. The normalized spacial score (nSPS) is 11.6. The van der Waals surface area contributed by atoms with E-state index in [9.17, 15) is 18.6 Å². The number of hydrogen-bond acceptors (Lipinski definition) is 6. The average molecular weight is 519 g/mol. The lowest BCUT2D eigenvalue weighted by Crippen LogP contribution is -2.07. The molecule has 0 aliphatic carbocycles. The van der Waals surface area contributed by atoms with Gasteiger partial charge in [0.2, 0.25) is 9.84 Å². The van der Waals surface area contributed by atoms with Crippen molar-refractivity contribution in [1.82, 2.24) is 0 Å². The minimum absolute atomic E-state index is 0.00137. The van der Waals surface area contributed by atoms with Gasteiger partial charge < -0.3 is 19.7 Å². The van der Waals surface area contributed by atoms with Crippen LogP contribution in [0.15, 0.2) is 94.7 Å². The molecule has 37 heavy (non-hydrogen) atoms. The van der Waals surface area contributed by atoms with Crippen LogP contribution in [0.1, 0.15) is 27.7 Å². The van der Waals surface area contributed by atoms with E-state index >= 15 is 0 Å². The molecular formula is C30H30O6S. The molecule has 6 nitrogen and oxygen atoms in total. The summed E-state index contributed by atoms with van der Waals surface area (Å²) in [6, 6.07) is 22.5. The zero-order valence-electron chi connectivity index (χ0n) is 21.2. The highest BCUT2D eigenvalue weighted by molar-refractivity contribution is 7.91. The fourth-order valence-corrected chi connectivity index (χ4v) is 5.71. The molecule has 0 aliphatic rings. The molecule has 0 fully saturated rings. The summed E-state index contributed by atoms with van der Waals surface area (Å²) >= 11 is 0. The quantitative estimate of drug-likeness (QED) is 0.265. The van der Waals surface area contributed by atoms with Gasteiger partial charge >= 0.3 is 0 Å². The predicted molar refractivity (Wildman–Crippen MR) is 144 cm³/mol. The van der Waals surface area contributed by atoms with Gasteiger partial charge in [0.25, 0.3) is 0 Å². The Balaban J connectivity index is 1.82. The zero-order chi connectivity index (χ0) is 26.7. The molecule has 0 saturated heterocycles. The smallest absolute Gasteiger partial charge is 0.207 e. The Morgan fingerprint density at radius 3 is 1.24 bits per heavy atom. The van der Waals surface area contributed by atoms with Crippen LogP contribution in [0.5, 0.6) is 23.0 Å². The van der Waals surface area contributed by atoms with Crippen molar-refractivity contribution in [2.45, 2.75) is 49.7 Å². The first-order valence-electron chi connectivity index (χ1n) is 12.0. The number of hydrogen-bond donors (Lipinski definition) is 2. The molecule has 0 saturated carbocycles. The molecule has 4 aromatic carbocycles. The number of phenols is 2. The SMILES string of the molecule is CC(C)Oc1ccc(-c2cc(O)ccc2S(=O)(=O)c2ccc(O)cc2-c2ccc(OC(C)C)cc2)cc1. The molecule has 0 unspecified atom stereocenters. The maximum absolute atomic E-state index is 14.1. The number of sulfone groups is 1. The van der Waals surface area contributed by atoms with E-state index < -0.39 is 9.84 Å². The number of rotatable bonds is 8. The molecule has 0 heterocycles. The molecule has 4 aromatic rings. The molecule has 0 bridgehead atoms. The Kier molecular flexibility index (Phi) is 7.45. The van der Waals surface area contributed by atoms with Gasteiger partial charge in [0.1, 0.15) is 23.0 Å². The summed E-state index contributed by atoms with van der Waals surface area (Å²) in [5.41, 5.74) is 1.94. The van der Waals surface area contributed by atoms with Crippen LogP contribution in [0.3, 0.4) is 0 Å². The summed E-state index contributed by atoms with van der Waals surface area (Å²) in [4.78, 5) is 0.0732. The topological polar surface area (TPSA) is 93.1 Å². The molecule has 0 spiro atoms. The van der Waals surface area contributed by atoms with Crippen LogP contribution >= 0.6 is 0 Å². The average Bonchev–Trinajstić information content (AvgIpc) is 2.84. The van der Waals surface area contributed by atoms with E-state index in [1.54, 1.807) is 48.5 Å². The third-order valence-electron chi connectivity index (χ3n) is 5.58. The number of benzene rings is 4. The Bertz CT molecular complexity index is 1380. The standard InChI is InChI=1S/C30H30O6S/c1-19(2)35-25-11-5-21(6-12-25)27-17-23(31)9-15-29(27)37(33,34)30-16-10-24(32)18-28(30)22-7-13-26(14-8-22)36-20(3)4/h5-20,31-32H,1-4H3. The molecule has 0 amide bonds. The Morgan fingerprint density at radius 2 is 0.919 bits per heavy atom. The molecule has 4 rings (SSSR count). The van der Waals surface area contributed by atoms with Crippen molar-refractivity contribution in [2.75, 3.05) is 0 Å². The lowest BCUT2D eigenvalue weighted by molar-refractivity contribution is 0.242. The van der Waals surface area contributed by atoms with Gasteiger partial charge in [0.15, 0.2) is 0 Å². The molecule has 7 heteroatoms. The van der Waals surface area contributed by atoms with Gasteiger partial charge in [-0.1, -0.05) is 24.3 Å². The maximum atomic E-state index is 14.1. The van der Waals surface area contributed by atoms with Crippen LogP contribution in [0, 0.1) is 0 Å². The molecule has 2 N–H and O–H groups in total. The van der Waals surface area contributed by atoms with Crippen LogP contribution in [-0.2, 0) is 9.84 Å². The minimum atomic E-state index is -4.07. The second-order valence-electron chi connectivity index (χ2n) is 9.25. The number of ether oxygens (including phenoxy) is 2. The first kappa shape index (κ1) is 26.1. The van der Waals surface area contributed by atoms with Crippen molar-refractivity contribution >= 4 is 9.84 Å². The molecular weight excluding hydrogens is 488 g/mol. The largest absolute Gasteiger partial charge is 0.508 e. The molecule has 0 aromatic heterocycles. The summed E-state index contributed by atoms with van der Waals surface area (Å²) in [5.74, 6) is 1.22. The summed E-state index contributed by atoms with van der Waals surface area (Å²) in [5, 5.41) is 20.4. The van der Waals surface area contributed by atoms with E-state index in [1.165, 1.54) is 36.4 Å². The van der Waals surface area contributed by atoms with Crippen LogP contribution in [0.2, 0.25) is 0 Å². The Labute approximate surface area is 217 Å². The van der Waals surface area contributed by atoms with Gasteiger partial charge in [-0.2, -0.15) is 0 Å². The molecule has 0 radical (unpaired) electrons. The van der Waals surface area contributed by atoms with Gasteiger partial charge in [-0.25, -0.2) is 8.42 Å². The van der Waals surface area contributed by atoms with Crippen molar-refractivity contribution in [3.05, 3.63) is 84.9 Å². The summed E-state index contributed by atoms with van der Waals surface area (Å²) < 4.78 is 39.5. The fourth-order valence-electron chi connectivity index (χ4n) is 4.04. The van der Waals surface area contributed by atoms with E-state index in [-0.39, 0.29) is 33.5 Å².